The van der Waals surface area contributed by atoms with Crippen molar-refractivity contribution >= 4 is 0 Å². The molecule has 0 radical (unpaired) electrons. The van der Waals surface area contributed by atoms with Gasteiger partial charge in [0.05, 0.1) is 12.1 Å². The summed E-state index contributed by atoms with van der Waals surface area (Å²) in [5.41, 5.74) is 0.420. The second-order valence-electron chi connectivity index (χ2n) is 7.19. The van der Waals surface area contributed by atoms with Gasteiger partial charge < -0.3 is 5.11 Å². The molecule has 7 nitrogen and oxygen atoms in total. The van der Waals surface area contributed by atoms with Crippen LogP contribution in [0.1, 0.15) is 28.6 Å². The molecular weight excluding hydrogens is 428 g/mol. The van der Waals surface area contributed by atoms with Crippen LogP contribution in [-0.4, -0.2) is 40.7 Å². The number of benzene rings is 2. The highest BCUT2D eigenvalue weighted by molar-refractivity contribution is 5.28. The predicted molar refractivity (Wildman–Crippen MR) is 105 cm³/mol. The number of hydrogen-bond acceptors (Lipinski definition) is 5. The second kappa shape index (κ2) is 8.87. The van der Waals surface area contributed by atoms with Crippen molar-refractivity contribution in [2.24, 2.45) is 0 Å². The average Bonchev–Trinajstić information content (AvgIpc) is 3.42. The Morgan fingerprint density at radius 1 is 0.969 bits per heavy atom. The molecule has 0 saturated carbocycles. The fourth-order valence-electron chi connectivity index (χ4n) is 3.35. The highest BCUT2D eigenvalue weighted by Crippen LogP contribution is 2.31. The van der Waals surface area contributed by atoms with Gasteiger partial charge in [-0.3, -0.25) is 4.68 Å². The van der Waals surface area contributed by atoms with Gasteiger partial charge in [0.25, 0.3) is 0 Å². The maximum absolute atomic E-state index is 13.1. The van der Waals surface area contributed by atoms with Gasteiger partial charge in [-0.1, -0.05) is 24.3 Å². The summed E-state index contributed by atoms with van der Waals surface area (Å²) in [5.74, 6) is 0.0623. The number of aromatic nitrogens is 6. The van der Waals surface area contributed by atoms with Gasteiger partial charge in [0.2, 0.25) is 0 Å². The summed E-state index contributed by atoms with van der Waals surface area (Å²) >= 11 is 0. The van der Waals surface area contributed by atoms with Gasteiger partial charge in [-0.2, -0.15) is 23.4 Å². The number of halogens is 4. The van der Waals surface area contributed by atoms with Crippen molar-refractivity contribution in [2.45, 2.75) is 31.3 Å². The number of rotatable bonds is 7. The van der Waals surface area contributed by atoms with Gasteiger partial charge in [-0.05, 0) is 35.4 Å². The molecule has 0 bridgehead atoms. The average molecular weight is 446 g/mol. The van der Waals surface area contributed by atoms with Gasteiger partial charge in [0.1, 0.15) is 36.9 Å². The molecule has 2 aromatic heterocycles. The van der Waals surface area contributed by atoms with Crippen LogP contribution in [0.4, 0.5) is 17.6 Å². The van der Waals surface area contributed by atoms with Crippen molar-refractivity contribution in [3.05, 3.63) is 95.8 Å². The summed E-state index contributed by atoms with van der Waals surface area (Å²) in [6.07, 6.45) is -1.08. The van der Waals surface area contributed by atoms with Crippen molar-refractivity contribution in [1.29, 1.82) is 0 Å². The summed E-state index contributed by atoms with van der Waals surface area (Å²) in [5, 5.41) is 19.3. The van der Waals surface area contributed by atoms with E-state index < -0.39 is 23.9 Å². The Labute approximate surface area is 180 Å². The predicted octanol–water partition coefficient (Wildman–Crippen LogP) is 3.27. The molecule has 166 valence electrons. The van der Waals surface area contributed by atoms with E-state index in [9.17, 15) is 22.7 Å². The van der Waals surface area contributed by atoms with Crippen LogP contribution >= 0.6 is 0 Å². The fourth-order valence-corrected chi connectivity index (χ4v) is 3.35. The zero-order valence-corrected chi connectivity index (χ0v) is 16.6. The Balaban J connectivity index is 1.63. The van der Waals surface area contributed by atoms with Gasteiger partial charge in [-0.15, -0.1) is 0 Å². The van der Waals surface area contributed by atoms with Crippen LogP contribution in [0.25, 0.3) is 0 Å². The van der Waals surface area contributed by atoms with Crippen LogP contribution in [0, 0.1) is 5.82 Å². The van der Waals surface area contributed by atoms with E-state index in [1.807, 2.05) is 0 Å². The van der Waals surface area contributed by atoms with Crippen LogP contribution in [0.15, 0.2) is 67.5 Å². The van der Waals surface area contributed by atoms with Gasteiger partial charge >= 0.3 is 6.18 Å². The third-order valence-electron chi connectivity index (χ3n) is 4.90. The summed E-state index contributed by atoms with van der Waals surface area (Å²) in [7, 11) is 0. The molecule has 0 spiro atoms. The minimum Gasteiger partial charge on any atom is -0.389 e. The molecule has 4 aromatic rings. The molecule has 2 aromatic carbocycles. The van der Waals surface area contributed by atoms with E-state index in [4.69, 9.17) is 0 Å². The quantitative estimate of drug-likeness (QED) is 0.441. The Bertz CT molecular complexity index is 1140. The van der Waals surface area contributed by atoms with E-state index in [2.05, 4.69) is 20.2 Å². The van der Waals surface area contributed by atoms with E-state index >= 15 is 0 Å². The van der Waals surface area contributed by atoms with E-state index in [1.165, 1.54) is 52.6 Å². The lowest BCUT2D eigenvalue weighted by Crippen LogP contribution is -2.30. The minimum atomic E-state index is -4.47. The molecule has 0 aliphatic rings. The van der Waals surface area contributed by atoms with Crippen LogP contribution < -0.4 is 0 Å². The molecule has 32 heavy (non-hydrogen) atoms. The van der Waals surface area contributed by atoms with Crippen LogP contribution in [0.2, 0.25) is 0 Å². The molecule has 11 heteroatoms. The van der Waals surface area contributed by atoms with Crippen molar-refractivity contribution in [2.75, 3.05) is 0 Å². The molecule has 0 aliphatic heterocycles. The first-order chi connectivity index (χ1) is 15.3. The molecular formula is C21H18F4N6O. The third-order valence-corrected chi connectivity index (χ3v) is 4.90. The fraction of sp³-hybridized carbons (Fsp3) is 0.238. The Hall–Kier alpha value is -3.60. The molecule has 0 saturated heterocycles. The van der Waals surface area contributed by atoms with Crippen LogP contribution in [0.5, 0.6) is 0 Å². The van der Waals surface area contributed by atoms with Gasteiger partial charge in [0, 0.05) is 6.42 Å². The number of alkyl halides is 3. The molecule has 1 N–H and O–H groups in total. The smallest absolute Gasteiger partial charge is 0.389 e. The molecule has 0 fully saturated rings. The lowest BCUT2D eigenvalue weighted by Gasteiger charge is -2.23. The Kier molecular flexibility index (Phi) is 5.99. The molecule has 2 unspecified atom stereocenters. The summed E-state index contributed by atoms with van der Waals surface area (Å²) in [6, 6.07) is 9.60. The monoisotopic (exact) mass is 446 g/mol. The first-order valence-corrected chi connectivity index (χ1v) is 9.62. The first kappa shape index (κ1) is 21.6. The lowest BCUT2D eigenvalue weighted by atomic mass is 10.00. The normalized spacial score (nSPS) is 13.8. The van der Waals surface area contributed by atoms with Crippen LogP contribution in [0.3, 0.4) is 0 Å². The van der Waals surface area contributed by atoms with Gasteiger partial charge in [0.15, 0.2) is 5.82 Å². The van der Waals surface area contributed by atoms with Crippen molar-refractivity contribution < 1.29 is 22.7 Å². The number of aliphatic hydroxyl groups excluding tert-OH is 1. The molecule has 2 heterocycles. The highest BCUT2D eigenvalue weighted by Gasteiger charge is 2.31. The van der Waals surface area contributed by atoms with E-state index in [-0.39, 0.29) is 12.4 Å². The highest BCUT2D eigenvalue weighted by atomic mass is 19.4. The van der Waals surface area contributed by atoms with Crippen molar-refractivity contribution in [3.63, 3.8) is 0 Å². The van der Waals surface area contributed by atoms with E-state index in [0.29, 0.717) is 17.8 Å². The largest absolute Gasteiger partial charge is 0.416 e. The maximum Gasteiger partial charge on any atom is 0.416 e. The molecule has 2 atom stereocenters. The first-order valence-electron chi connectivity index (χ1n) is 9.62. The van der Waals surface area contributed by atoms with Crippen molar-refractivity contribution in [3.8, 4) is 0 Å². The van der Waals surface area contributed by atoms with Crippen LogP contribution in [-0.2, 0) is 19.1 Å². The molecule has 4 rings (SSSR count). The Morgan fingerprint density at radius 2 is 1.69 bits per heavy atom. The second-order valence-corrected chi connectivity index (χ2v) is 7.19. The zero-order chi connectivity index (χ0) is 22.7. The lowest BCUT2D eigenvalue weighted by molar-refractivity contribution is -0.137. The summed E-state index contributed by atoms with van der Waals surface area (Å²) in [4.78, 5) is 8.08. The standard InChI is InChI=1S/C21H18F4N6O/c22-17-7-1-14(2-8-17)9-19-27-13-31(29-19)20(18(32)10-30-12-26-11-28-30)15-3-5-16(6-4-15)21(23,24)25/h1-8,11-13,18,20,32H,9-10H2. The molecule has 0 aliphatic carbocycles. The molecule has 0 amide bonds. The van der Waals surface area contributed by atoms with E-state index in [1.54, 1.807) is 12.1 Å². The summed E-state index contributed by atoms with van der Waals surface area (Å²) < 4.78 is 54.9. The third kappa shape index (κ3) is 4.99. The Morgan fingerprint density at radius 3 is 2.31 bits per heavy atom. The number of hydrogen-bond donors (Lipinski definition) is 1. The topological polar surface area (TPSA) is 81.6 Å². The van der Waals surface area contributed by atoms with Crippen molar-refractivity contribution in [1.82, 2.24) is 29.5 Å². The van der Waals surface area contributed by atoms with E-state index in [0.717, 1.165) is 17.7 Å². The minimum absolute atomic E-state index is 0.0405. The number of aliphatic hydroxyl groups is 1. The SMILES string of the molecule is OC(Cn1cncn1)C(c1ccc(C(F)(F)F)cc1)n1cnc(Cc2ccc(F)cc2)n1. The maximum atomic E-state index is 13.1. The summed E-state index contributed by atoms with van der Waals surface area (Å²) in [6.45, 7) is 0.0405. The number of nitrogens with zero attached hydrogens (tertiary/aromatic N) is 6. The zero-order valence-electron chi connectivity index (χ0n) is 16.6. The van der Waals surface area contributed by atoms with Gasteiger partial charge in [-0.25, -0.2) is 19.0 Å².